The highest BCUT2D eigenvalue weighted by Gasteiger charge is 2.45. The average molecular weight is 881 g/mol. The summed E-state index contributed by atoms with van der Waals surface area (Å²) in [5.74, 6) is 0.357. The Balaban J connectivity index is 1.03. The molecule has 0 spiro atoms. The maximum atomic E-state index is 6.53. The number of hydrogen-bond donors (Lipinski definition) is 2. The highest BCUT2D eigenvalue weighted by Crippen LogP contribution is 2.53. The summed E-state index contributed by atoms with van der Waals surface area (Å²) in [6.07, 6.45) is 26.1. The first-order valence-corrected chi connectivity index (χ1v) is 24.3. The number of para-hydroxylation sites is 3. The van der Waals surface area contributed by atoms with Crippen LogP contribution >= 0.6 is 0 Å². The molecule has 1 aromatic heterocycles. The molecule has 4 atom stereocenters. The van der Waals surface area contributed by atoms with E-state index in [0.29, 0.717) is 5.92 Å². The number of aromatic nitrogens is 1. The van der Waals surface area contributed by atoms with Crippen LogP contribution in [0, 0.1) is 5.92 Å². The first-order valence-electron chi connectivity index (χ1n) is 24.3. The summed E-state index contributed by atoms with van der Waals surface area (Å²) >= 11 is 0. The summed E-state index contributed by atoms with van der Waals surface area (Å²) < 4.78 is 2.42. The summed E-state index contributed by atoms with van der Waals surface area (Å²) in [7, 11) is 0. The highest BCUT2D eigenvalue weighted by atomic mass is 15.2. The number of fused-ring (bicyclic) bond motifs is 7. The van der Waals surface area contributed by atoms with E-state index in [4.69, 9.17) is 11.5 Å². The largest absolute Gasteiger partial charge is 0.399 e. The zero-order valence-corrected chi connectivity index (χ0v) is 38.8. The SMILES string of the molecule is CCC1/C=C(c2cccc(-n3c4ccccc4c4ccccc43)c2)\C=C/Cc2ccc(C3(C)C=CC=C(N4c5ccccc5C5C=CC=CC54)C3)cc2C1(c1ccc(N)cc1)c1ccc(N)cc1. The molecule has 68 heavy (non-hydrogen) atoms. The van der Waals surface area contributed by atoms with E-state index in [1.807, 2.05) is 0 Å². The smallest absolute Gasteiger partial charge is 0.0626 e. The van der Waals surface area contributed by atoms with E-state index in [1.165, 1.54) is 77.7 Å². The summed E-state index contributed by atoms with van der Waals surface area (Å²) in [5.41, 5.74) is 30.0. The molecule has 4 unspecified atom stereocenters. The van der Waals surface area contributed by atoms with Crippen molar-refractivity contribution in [3.63, 3.8) is 0 Å². The predicted octanol–water partition coefficient (Wildman–Crippen LogP) is 14.7. The molecular formula is C64H56N4. The first kappa shape index (κ1) is 41.6. The fourth-order valence-corrected chi connectivity index (χ4v) is 12.3. The molecule has 0 radical (unpaired) electrons. The molecule has 1 aliphatic heterocycles. The normalized spacial score (nSPS) is 22.6. The lowest BCUT2D eigenvalue weighted by molar-refractivity contribution is 0.432. The second-order valence-electron chi connectivity index (χ2n) is 19.4. The molecule has 4 aliphatic rings. The van der Waals surface area contributed by atoms with Crippen molar-refractivity contribution in [1.29, 1.82) is 0 Å². The van der Waals surface area contributed by atoms with Crippen molar-refractivity contribution in [2.24, 2.45) is 5.92 Å². The fraction of sp³-hybridized carbons (Fsp3) is 0.156. The van der Waals surface area contributed by atoms with Crippen LogP contribution in [0.15, 0.2) is 230 Å². The van der Waals surface area contributed by atoms with Gasteiger partial charge in [0.25, 0.3) is 0 Å². The van der Waals surface area contributed by atoms with Crippen LogP contribution in [0.25, 0.3) is 33.1 Å². The Morgan fingerprint density at radius 2 is 1.31 bits per heavy atom. The zero-order chi connectivity index (χ0) is 46.0. The van der Waals surface area contributed by atoms with Gasteiger partial charge in [0.2, 0.25) is 0 Å². The van der Waals surface area contributed by atoms with E-state index in [9.17, 15) is 0 Å². The summed E-state index contributed by atoms with van der Waals surface area (Å²) in [5, 5.41) is 2.52. The van der Waals surface area contributed by atoms with Gasteiger partial charge in [-0.05, 0) is 124 Å². The number of anilines is 3. The Morgan fingerprint density at radius 1 is 0.647 bits per heavy atom. The molecule has 4 N–H and O–H groups in total. The fourth-order valence-electron chi connectivity index (χ4n) is 12.3. The lowest BCUT2D eigenvalue weighted by Gasteiger charge is -2.44. The van der Waals surface area contributed by atoms with E-state index in [2.05, 4.69) is 248 Å². The van der Waals surface area contributed by atoms with Crippen LogP contribution in [0.3, 0.4) is 0 Å². The maximum absolute atomic E-state index is 6.53. The Labute approximate surface area is 400 Å². The van der Waals surface area contributed by atoms with Crippen LogP contribution in [0.2, 0.25) is 0 Å². The number of benzene rings is 7. The minimum absolute atomic E-state index is 0.0210. The van der Waals surface area contributed by atoms with Crippen molar-refractivity contribution in [3.8, 4) is 5.69 Å². The zero-order valence-electron chi connectivity index (χ0n) is 38.8. The van der Waals surface area contributed by atoms with Crippen LogP contribution in [-0.2, 0) is 17.3 Å². The van der Waals surface area contributed by atoms with Gasteiger partial charge < -0.3 is 20.9 Å². The Morgan fingerprint density at radius 3 is 2.03 bits per heavy atom. The third-order valence-corrected chi connectivity index (χ3v) is 15.5. The quantitative estimate of drug-likeness (QED) is 0.157. The van der Waals surface area contributed by atoms with E-state index < -0.39 is 5.41 Å². The van der Waals surface area contributed by atoms with Crippen molar-refractivity contribution in [1.82, 2.24) is 4.57 Å². The Kier molecular flexibility index (Phi) is 10.1. The standard InChI is InChI=1S/C64H56N4/c1-3-46-39-44(45-17-13-18-52(40-45)67-59-24-8-4-20-54(59)55-21-5-9-25-60(55)67)16-12-15-43-28-29-49(41-58(43)64(46,47-30-34-50(65)35-31-47)48-32-36-51(66)37-33-48)63(2)38-14-19-53(42-63)68-61-26-10-6-22-56(61)57-23-7-11-27-62(57)68/h4-14,16-41,46,56,61H,3,15,42,65-66H2,1-2H3/b16-12-,44-39+. The van der Waals surface area contributed by atoms with Crippen LogP contribution in [0.4, 0.5) is 17.1 Å². The molecule has 0 amide bonds. The second-order valence-corrected chi connectivity index (χ2v) is 19.4. The number of rotatable bonds is 7. The molecule has 2 heterocycles. The molecule has 4 heteroatoms. The van der Waals surface area contributed by atoms with Gasteiger partial charge >= 0.3 is 0 Å². The van der Waals surface area contributed by atoms with Crippen LogP contribution in [-0.4, -0.2) is 10.6 Å². The molecule has 332 valence electrons. The third kappa shape index (κ3) is 6.65. The second kappa shape index (κ2) is 16.5. The van der Waals surface area contributed by atoms with Gasteiger partial charge in [-0.3, -0.25) is 0 Å². The first-order chi connectivity index (χ1) is 33.3. The molecule has 8 aromatic rings. The van der Waals surface area contributed by atoms with Gasteiger partial charge in [-0.15, -0.1) is 0 Å². The van der Waals surface area contributed by atoms with Gasteiger partial charge in [0.15, 0.2) is 0 Å². The molecule has 3 aliphatic carbocycles. The monoisotopic (exact) mass is 880 g/mol. The van der Waals surface area contributed by atoms with Crippen molar-refractivity contribution in [3.05, 3.63) is 269 Å². The van der Waals surface area contributed by atoms with E-state index in [1.54, 1.807) is 0 Å². The Hall–Kier alpha value is -7.82. The molecule has 0 fully saturated rings. The van der Waals surface area contributed by atoms with Crippen LogP contribution < -0.4 is 16.4 Å². The number of nitrogens with zero attached hydrogens (tertiary/aromatic N) is 2. The minimum Gasteiger partial charge on any atom is -0.399 e. The average Bonchev–Trinajstić information content (AvgIpc) is 3.92. The predicted molar refractivity (Wildman–Crippen MR) is 286 cm³/mol. The van der Waals surface area contributed by atoms with Gasteiger partial charge in [-0.1, -0.05) is 178 Å². The number of hydrogen-bond acceptors (Lipinski definition) is 3. The topological polar surface area (TPSA) is 60.2 Å². The molecule has 0 bridgehead atoms. The number of allylic oxidation sites excluding steroid dienone is 10. The van der Waals surface area contributed by atoms with Gasteiger partial charge in [-0.2, -0.15) is 0 Å². The molecule has 0 saturated heterocycles. The molecular weight excluding hydrogens is 825 g/mol. The Bertz CT molecular complexity index is 3350. The molecule has 7 aromatic carbocycles. The van der Waals surface area contributed by atoms with Crippen molar-refractivity contribution >= 4 is 44.4 Å². The molecule has 0 saturated carbocycles. The third-order valence-electron chi connectivity index (χ3n) is 15.5. The van der Waals surface area contributed by atoms with Crippen LogP contribution in [0.1, 0.15) is 71.6 Å². The lowest BCUT2D eigenvalue weighted by Crippen LogP contribution is -2.39. The van der Waals surface area contributed by atoms with E-state index >= 15 is 0 Å². The summed E-state index contributed by atoms with van der Waals surface area (Å²) in [6, 6.07) is 60.6. The van der Waals surface area contributed by atoms with Crippen molar-refractivity contribution in [2.45, 2.75) is 55.9 Å². The van der Waals surface area contributed by atoms with Gasteiger partial charge in [0, 0.05) is 57.0 Å². The summed E-state index contributed by atoms with van der Waals surface area (Å²) in [6.45, 7) is 4.77. The number of nitrogens with two attached hydrogens (primary N) is 2. The minimum atomic E-state index is -0.614. The van der Waals surface area contributed by atoms with E-state index in [-0.39, 0.29) is 17.4 Å². The van der Waals surface area contributed by atoms with Gasteiger partial charge in [-0.25, -0.2) is 0 Å². The lowest BCUT2D eigenvalue weighted by atomic mass is 9.59. The van der Waals surface area contributed by atoms with Crippen molar-refractivity contribution in [2.75, 3.05) is 16.4 Å². The van der Waals surface area contributed by atoms with Crippen LogP contribution in [0.5, 0.6) is 0 Å². The highest BCUT2D eigenvalue weighted by molar-refractivity contribution is 6.09. The van der Waals surface area contributed by atoms with Crippen molar-refractivity contribution < 1.29 is 0 Å². The molecule has 12 rings (SSSR count). The van der Waals surface area contributed by atoms with Gasteiger partial charge in [0.05, 0.1) is 22.5 Å². The molecule has 4 nitrogen and oxygen atoms in total. The number of nitrogen functional groups attached to an aromatic ring is 2. The van der Waals surface area contributed by atoms with Gasteiger partial charge in [0.1, 0.15) is 0 Å². The summed E-state index contributed by atoms with van der Waals surface area (Å²) in [4.78, 5) is 2.60. The van der Waals surface area contributed by atoms with E-state index in [0.717, 1.165) is 36.3 Å². The maximum Gasteiger partial charge on any atom is 0.0626 e.